The molecule has 0 saturated carbocycles. The maximum absolute atomic E-state index is 13.6. The Morgan fingerprint density at radius 1 is 0.625 bits per heavy atom. The molecule has 2 heterocycles. The zero-order valence-corrected chi connectivity index (χ0v) is 23.3. The lowest BCUT2D eigenvalue weighted by molar-refractivity contribution is -0.386. The highest BCUT2D eigenvalue weighted by Gasteiger charge is 2.43. The topological polar surface area (TPSA) is 185 Å². The van der Waals surface area contributed by atoms with Crippen LogP contribution in [0.15, 0.2) is 34.1 Å². The average Bonchev–Trinajstić information content (AvgIpc) is 3.19. The molecule has 2 saturated heterocycles. The van der Waals surface area contributed by atoms with E-state index in [1.807, 2.05) is 23.9 Å². The van der Waals surface area contributed by atoms with Gasteiger partial charge in [-0.15, -0.1) is 0 Å². The number of ketones is 1. The molecule has 3 aliphatic rings. The quantitative estimate of drug-likeness (QED) is 0.287. The Morgan fingerprint density at radius 2 is 0.950 bits per heavy atom. The molecular weight excluding hydrogens is 568 g/mol. The number of piperazine rings is 2. The molecule has 0 radical (unpaired) electrons. The van der Waals surface area contributed by atoms with Crippen molar-refractivity contribution in [2.45, 2.75) is 9.79 Å². The van der Waals surface area contributed by atoms with Gasteiger partial charge in [0.1, 0.15) is 0 Å². The molecule has 2 aromatic rings. The Morgan fingerprint density at radius 3 is 1.25 bits per heavy atom. The number of nitro groups is 2. The van der Waals surface area contributed by atoms with Crippen LogP contribution in [0.3, 0.4) is 0 Å². The summed E-state index contributed by atoms with van der Waals surface area (Å²) in [6.45, 7) is 2.29. The largest absolute Gasteiger partial charge is 0.304 e. The van der Waals surface area contributed by atoms with Gasteiger partial charge in [-0.05, 0) is 26.2 Å². The molecule has 2 aromatic carbocycles. The van der Waals surface area contributed by atoms with E-state index < -0.39 is 79.1 Å². The Labute approximate surface area is 230 Å². The molecule has 0 unspecified atom stereocenters. The summed E-state index contributed by atoms with van der Waals surface area (Å²) >= 11 is 0. The number of benzene rings is 2. The number of hydrogen-bond donors (Lipinski definition) is 0. The van der Waals surface area contributed by atoms with Gasteiger partial charge >= 0.3 is 0 Å². The van der Waals surface area contributed by atoms with Crippen LogP contribution in [0.4, 0.5) is 11.4 Å². The van der Waals surface area contributed by atoms with Crippen molar-refractivity contribution < 1.29 is 31.5 Å². The number of likely N-dealkylation sites (N-methyl/N-ethyl adjacent to an activating group) is 2. The second kappa shape index (κ2) is 9.93. The molecule has 15 nitrogen and oxygen atoms in total. The molecule has 0 bridgehead atoms. The summed E-state index contributed by atoms with van der Waals surface area (Å²) in [6, 6.07) is 3.56. The molecule has 0 aromatic heterocycles. The van der Waals surface area contributed by atoms with Gasteiger partial charge in [0, 0.05) is 75.6 Å². The SMILES string of the molecule is CN1CCN(S(=O)(=O)c2cc3c(c([N+](=O)[O-])c2)-c2c(cc(S(=O)(=O)N4CCN(C)CC4)cc2[N+](=O)[O-])C3=O)CC1. The monoisotopic (exact) mass is 594 g/mol. The Balaban J connectivity index is 1.67. The van der Waals surface area contributed by atoms with Crippen molar-refractivity contribution in [2.24, 2.45) is 0 Å². The normalized spacial score (nSPS) is 19.4. The number of nitro benzene ring substituents is 2. The maximum Gasteiger partial charge on any atom is 0.279 e. The summed E-state index contributed by atoms with van der Waals surface area (Å²) in [5.74, 6) is -0.929. The molecule has 5 rings (SSSR count). The first-order valence-corrected chi connectivity index (χ1v) is 15.2. The van der Waals surface area contributed by atoms with Gasteiger partial charge in [-0.25, -0.2) is 16.8 Å². The van der Waals surface area contributed by atoms with Crippen molar-refractivity contribution in [1.29, 1.82) is 0 Å². The van der Waals surface area contributed by atoms with Crippen molar-refractivity contribution in [3.63, 3.8) is 0 Å². The van der Waals surface area contributed by atoms with Gasteiger partial charge in [0.15, 0.2) is 5.78 Å². The molecule has 1 aliphatic carbocycles. The van der Waals surface area contributed by atoms with Crippen LogP contribution in [0.5, 0.6) is 0 Å². The Kier molecular flexibility index (Phi) is 7.00. The Bertz CT molecular complexity index is 1540. The van der Waals surface area contributed by atoms with Gasteiger partial charge in [-0.3, -0.25) is 25.0 Å². The van der Waals surface area contributed by atoms with Crippen LogP contribution in [0.25, 0.3) is 11.1 Å². The third-order valence-corrected chi connectivity index (χ3v) is 11.3. The van der Waals surface area contributed by atoms with Crippen molar-refractivity contribution in [1.82, 2.24) is 18.4 Å². The molecule has 214 valence electrons. The molecule has 0 spiro atoms. The standard InChI is InChI=1S/C23H26N6O9S2/c1-24-3-7-26(8-4-24)39(35,36)15-11-17-21(19(13-15)28(31)32)22-18(23(17)30)12-16(14-20(22)29(33)34)40(37,38)27-9-5-25(2)6-10-27/h11-14H,3-10H2,1-2H3. The number of carbonyl (C=O) groups is 1. The van der Waals surface area contributed by atoms with E-state index in [0.29, 0.717) is 26.2 Å². The maximum atomic E-state index is 13.6. The van der Waals surface area contributed by atoms with Gasteiger partial charge in [0.2, 0.25) is 20.0 Å². The lowest BCUT2D eigenvalue weighted by Gasteiger charge is -2.31. The third kappa shape index (κ3) is 4.57. The van der Waals surface area contributed by atoms with Crippen LogP contribution in [-0.2, 0) is 20.0 Å². The lowest BCUT2D eigenvalue weighted by atomic mass is 10.0. The summed E-state index contributed by atoms with van der Waals surface area (Å²) in [4.78, 5) is 38.9. The Hall–Kier alpha value is -3.35. The third-order valence-electron chi connectivity index (χ3n) is 7.51. The van der Waals surface area contributed by atoms with Crippen LogP contribution in [0.1, 0.15) is 15.9 Å². The molecule has 0 atom stereocenters. The minimum Gasteiger partial charge on any atom is -0.304 e. The van der Waals surface area contributed by atoms with Crippen LogP contribution < -0.4 is 0 Å². The van der Waals surface area contributed by atoms with Crippen LogP contribution in [0.2, 0.25) is 0 Å². The number of rotatable bonds is 6. The first-order chi connectivity index (χ1) is 18.7. The van der Waals surface area contributed by atoms with Crippen molar-refractivity contribution in [2.75, 3.05) is 66.5 Å². The molecule has 0 amide bonds. The fourth-order valence-electron chi connectivity index (χ4n) is 5.17. The number of nitrogens with zero attached hydrogens (tertiary/aromatic N) is 6. The number of hydrogen-bond acceptors (Lipinski definition) is 11. The minimum atomic E-state index is -4.24. The second-order valence-electron chi connectivity index (χ2n) is 9.99. The van der Waals surface area contributed by atoms with E-state index in [0.717, 1.165) is 32.9 Å². The van der Waals surface area contributed by atoms with E-state index in [9.17, 15) is 41.9 Å². The minimum absolute atomic E-state index is 0.136. The highest BCUT2D eigenvalue weighted by Crippen LogP contribution is 2.49. The molecular formula is C23H26N6O9S2. The first kappa shape index (κ1) is 28.2. The molecule has 17 heteroatoms. The molecule has 0 N–H and O–H groups in total. The zero-order chi connectivity index (χ0) is 29.1. The van der Waals surface area contributed by atoms with E-state index in [1.165, 1.54) is 0 Å². The van der Waals surface area contributed by atoms with Gasteiger partial charge in [0.05, 0.1) is 30.8 Å². The summed E-state index contributed by atoms with van der Waals surface area (Å²) in [6.07, 6.45) is 0. The molecule has 40 heavy (non-hydrogen) atoms. The van der Waals surface area contributed by atoms with Crippen LogP contribution in [0, 0.1) is 20.2 Å². The predicted octanol–water partition coefficient (Wildman–Crippen LogP) is 0.587. The van der Waals surface area contributed by atoms with Gasteiger partial charge < -0.3 is 9.80 Å². The highest BCUT2D eigenvalue weighted by molar-refractivity contribution is 7.89. The van der Waals surface area contributed by atoms with E-state index in [1.54, 1.807) is 0 Å². The fraction of sp³-hybridized carbons (Fsp3) is 0.435. The first-order valence-electron chi connectivity index (χ1n) is 12.3. The smallest absolute Gasteiger partial charge is 0.279 e. The van der Waals surface area contributed by atoms with Crippen LogP contribution >= 0.6 is 0 Å². The summed E-state index contributed by atoms with van der Waals surface area (Å²) < 4.78 is 55.9. The van der Waals surface area contributed by atoms with Crippen molar-refractivity contribution in [3.05, 3.63) is 55.6 Å². The highest BCUT2D eigenvalue weighted by atomic mass is 32.2. The zero-order valence-electron chi connectivity index (χ0n) is 21.6. The van der Waals surface area contributed by atoms with Gasteiger partial charge in [-0.2, -0.15) is 8.61 Å². The average molecular weight is 595 g/mol. The van der Waals surface area contributed by atoms with Crippen LogP contribution in [-0.4, -0.2) is 117 Å². The molecule has 2 fully saturated rings. The number of sulfonamides is 2. The van der Waals surface area contributed by atoms with Crippen molar-refractivity contribution in [3.8, 4) is 11.1 Å². The summed E-state index contributed by atoms with van der Waals surface area (Å²) in [5.41, 5.74) is -3.22. The van der Waals surface area contributed by atoms with E-state index in [2.05, 4.69) is 0 Å². The fourth-order valence-corrected chi connectivity index (χ4v) is 8.11. The number of fused-ring (bicyclic) bond motifs is 3. The van der Waals surface area contributed by atoms with E-state index in [-0.39, 0.29) is 26.2 Å². The van der Waals surface area contributed by atoms with E-state index in [4.69, 9.17) is 0 Å². The predicted molar refractivity (Wildman–Crippen MR) is 141 cm³/mol. The van der Waals surface area contributed by atoms with Gasteiger partial charge in [-0.1, -0.05) is 0 Å². The number of carbonyl (C=O) groups excluding carboxylic acids is 1. The van der Waals surface area contributed by atoms with E-state index >= 15 is 0 Å². The summed E-state index contributed by atoms with van der Waals surface area (Å²) in [5, 5.41) is 24.2. The van der Waals surface area contributed by atoms with Gasteiger partial charge in [0.25, 0.3) is 11.4 Å². The molecule has 2 aliphatic heterocycles. The summed E-state index contributed by atoms with van der Waals surface area (Å²) in [7, 11) is -4.83. The van der Waals surface area contributed by atoms with Crippen molar-refractivity contribution >= 4 is 37.2 Å². The second-order valence-corrected chi connectivity index (χ2v) is 13.9. The lowest BCUT2D eigenvalue weighted by Crippen LogP contribution is -2.47.